The van der Waals surface area contributed by atoms with Crippen LogP contribution in [-0.4, -0.2) is 41.1 Å². The minimum Gasteiger partial charge on any atom is -0.497 e. The molecule has 1 aromatic carbocycles. The number of rotatable bonds is 10. The number of nitrogens with one attached hydrogen (secondary N) is 1. The molecule has 1 unspecified atom stereocenters. The molecule has 1 aliphatic rings. The number of nitrogens with zero attached hydrogens (tertiary/aromatic N) is 2. The van der Waals surface area contributed by atoms with Crippen molar-refractivity contribution in [1.82, 2.24) is 14.9 Å². The molecule has 0 radical (unpaired) electrons. The van der Waals surface area contributed by atoms with Gasteiger partial charge in [0.1, 0.15) is 11.9 Å². The number of aliphatic hydroxyl groups is 1. The average Bonchev–Trinajstić information content (AvgIpc) is 3.20. The summed E-state index contributed by atoms with van der Waals surface area (Å²) in [4.78, 5) is 29.7. The summed E-state index contributed by atoms with van der Waals surface area (Å²) in [5.41, 5.74) is 10.5. The van der Waals surface area contributed by atoms with Crippen molar-refractivity contribution in [2.24, 2.45) is 5.73 Å². The molecule has 33 heavy (non-hydrogen) atoms. The number of aliphatic hydroxyl groups excluding tert-OH is 1. The number of hydrogen-bond donors (Lipinski definition) is 3. The van der Waals surface area contributed by atoms with Gasteiger partial charge in [0, 0.05) is 23.1 Å². The van der Waals surface area contributed by atoms with E-state index in [4.69, 9.17) is 15.5 Å². The second-order valence-electron chi connectivity index (χ2n) is 8.31. The molecule has 8 nitrogen and oxygen atoms in total. The Morgan fingerprint density at radius 2 is 2.15 bits per heavy atom. The van der Waals surface area contributed by atoms with E-state index in [1.165, 1.54) is 0 Å². The molecule has 8 heteroatoms. The van der Waals surface area contributed by atoms with E-state index in [1.54, 1.807) is 17.7 Å². The lowest BCUT2D eigenvalue weighted by molar-refractivity contribution is -0.115. The normalized spacial score (nSPS) is 13.1. The van der Waals surface area contributed by atoms with Crippen molar-refractivity contribution in [3.05, 3.63) is 56.9 Å². The molecule has 0 aliphatic carbocycles. The van der Waals surface area contributed by atoms with Crippen molar-refractivity contribution in [3.8, 4) is 17.1 Å². The highest BCUT2D eigenvalue weighted by Gasteiger charge is 2.29. The number of ether oxygens (including phenoxy) is 1. The van der Waals surface area contributed by atoms with Gasteiger partial charge >= 0.3 is 0 Å². The Hall–Kier alpha value is -3.07. The molecule has 0 fully saturated rings. The highest BCUT2D eigenvalue weighted by molar-refractivity contribution is 5.89. The van der Waals surface area contributed by atoms with Gasteiger partial charge in [-0.05, 0) is 61.3 Å². The number of pyridine rings is 2. The van der Waals surface area contributed by atoms with E-state index >= 15 is 0 Å². The third-order valence-corrected chi connectivity index (χ3v) is 6.21. The first kappa shape index (κ1) is 23.1. The van der Waals surface area contributed by atoms with Crippen LogP contribution in [-0.2, 0) is 24.3 Å². The van der Waals surface area contributed by atoms with Crippen molar-refractivity contribution in [3.63, 3.8) is 0 Å². The molecule has 2 aromatic heterocycles. The monoisotopic (exact) mass is 450 g/mol. The summed E-state index contributed by atoms with van der Waals surface area (Å²) >= 11 is 0. The van der Waals surface area contributed by atoms with E-state index < -0.39 is 6.10 Å². The number of nitrogens with two attached hydrogens (primary N) is 1. The Bertz CT molecular complexity index is 1250. The van der Waals surface area contributed by atoms with Crippen LogP contribution in [0.4, 0.5) is 0 Å². The van der Waals surface area contributed by atoms with Gasteiger partial charge in [-0.2, -0.15) is 0 Å². The van der Waals surface area contributed by atoms with E-state index in [0.717, 1.165) is 47.2 Å². The molecule has 1 atom stereocenters. The highest BCUT2D eigenvalue weighted by atomic mass is 16.5. The van der Waals surface area contributed by atoms with Crippen LogP contribution in [0.1, 0.15) is 48.1 Å². The van der Waals surface area contributed by atoms with Crippen molar-refractivity contribution in [2.75, 3.05) is 20.2 Å². The molecule has 4 N–H and O–H groups in total. The van der Waals surface area contributed by atoms with Crippen LogP contribution >= 0.6 is 0 Å². The summed E-state index contributed by atoms with van der Waals surface area (Å²) in [5.74, 6) is 0.738. The fraction of sp³-hybridized carbons (Fsp3) is 0.400. The lowest BCUT2D eigenvalue weighted by atomic mass is 9.98. The number of carbonyl (C=O) groups is 1. The van der Waals surface area contributed by atoms with E-state index in [2.05, 4.69) is 5.32 Å². The van der Waals surface area contributed by atoms with Gasteiger partial charge in [-0.25, -0.2) is 4.98 Å². The minimum atomic E-state index is -1.34. The Kier molecular flexibility index (Phi) is 6.88. The number of aldehydes is 1. The van der Waals surface area contributed by atoms with Crippen LogP contribution < -0.4 is 21.3 Å². The predicted octanol–water partition coefficient (Wildman–Crippen LogP) is 2.06. The Labute approximate surface area is 192 Å². The van der Waals surface area contributed by atoms with Crippen LogP contribution in [0.5, 0.6) is 5.75 Å². The van der Waals surface area contributed by atoms with Crippen molar-refractivity contribution in [1.29, 1.82) is 0 Å². The number of carbonyl (C=O) groups excluding carboxylic acids is 1. The maximum absolute atomic E-state index is 13.4. The number of methoxy groups -OCH3 is 1. The smallest absolute Gasteiger partial charge is 0.254 e. The third kappa shape index (κ3) is 4.17. The lowest BCUT2D eigenvalue weighted by Crippen LogP contribution is -2.26. The van der Waals surface area contributed by atoms with Gasteiger partial charge in [-0.3, -0.25) is 4.79 Å². The van der Waals surface area contributed by atoms with Gasteiger partial charge in [0.05, 0.1) is 30.6 Å². The Balaban J connectivity index is 1.93. The van der Waals surface area contributed by atoms with Crippen LogP contribution in [0.2, 0.25) is 0 Å². The fourth-order valence-corrected chi connectivity index (χ4v) is 4.56. The molecule has 0 spiro atoms. The van der Waals surface area contributed by atoms with Crippen molar-refractivity contribution in [2.45, 2.75) is 45.4 Å². The molecule has 3 heterocycles. The largest absolute Gasteiger partial charge is 0.497 e. The van der Waals surface area contributed by atoms with Gasteiger partial charge in [0.25, 0.3) is 5.56 Å². The maximum atomic E-state index is 13.4. The summed E-state index contributed by atoms with van der Waals surface area (Å²) in [6, 6.07) is 7.50. The highest BCUT2D eigenvalue weighted by Crippen LogP contribution is 2.37. The number of hydrogen-bond acceptors (Lipinski definition) is 7. The molecule has 0 amide bonds. The van der Waals surface area contributed by atoms with Gasteiger partial charge in [-0.1, -0.05) is 13.3 Å². The van der Waals surface area contributed by atoms with Crippen LogP contribution in [0.3, 0.4) is 0 Å². The fourth-order valence-electron chi connectivity index (χ4n) is 4.56. The zero-order valence-corrected chi connectivity index (χ0v) is 19.1. The first-order valence-electron chi connectivity index (χ1n) is 11.3. The molecule has 0 bridgehead atoms. The summed E-state index contributed by atoms with van der Waals surface area (Å²) in [6.07, 6.45) is 1.22. The standard InChI is InChI=1S/C25H30N4O4/c1-3-5-16-18(23(31)14-30)11-22-24-20(13-29(22)25(16)32)19(12-27-9-4-8-26)17-10-15(33-2)6-7-21(17)28-24/h6-7,10-11,14,23,27,31H,3-5,8-9,12-13,26H2,1-2H3. The molecule has 174 valence electrons. The Morgan fingerprint density at radius 3 is 2.85 bits per heavy atom. The molecule has 0 saturated heterocycles. The summed E-state index contributed by atoms with van der Waals surface area (Å²) in [5, 5.41) is 14.7. The summed E-state index contributed by atoms with van der Waals surface area (Å²) in [6.45, 7) is 4.35. The van der Waals surface area contributed by atoms with E-state index in [-0.39, 0.29) is 5.56 Å². The number of benzene rings is 1. The van der Waals surface area contributed by atoms with E-state index in [9.17, 15) is 14.7 Å². The second kappa shape index (κ2) is 9.82. The topological polar surface area (TPSA) is 119 Å². The molecule has 1 aliphatic heterocycles. The molecule has 0 saturated carbocycles. The zero-order chi connectivity index (χ0) is 23.5. The van der Waals surface area contributed by atoms with Gasteiger partial charge in [0.2, 0.25) is 0 Å². The second-order valence-corrected chi connectivity index (χ2v) is 8.31. The number of fused-ring (bicyclic) bond motifs is 4. The van der Waals surface area contributed by atoms with E-state index in [0.29, 0.717) is 54.9 Å². The molecule has 4 rings (SSSR count). The maximum Gasteiger partial charge on any atom is 0.254 e. The van der Waals surface area contributed by atoms with Crippen LogP contribution in [0.25, 0.3) is 22.3 Å². The van der Waals surface area contributed by atoms with Gasteiger partial charge in [-0.15, -0.1) is 0 Å². The molecular weight excluding hydrogens is 420 g/mol. The average molecular weight is 451 g/mol. The molecule has 3 aromatic rings. The van der Waals surface area contributed by atoms with E-state index in [1.807, 2.05) is 25.1 Å². The first-order valence-corrected chi connectivity index (χ1v) is 11.3. The summed E-state index contributed by atoms with van der Waals surface area (Å²) in [7, 11) is 1.63. The van der Waals surface area contributed by atoms with Crippen LogP contribution in [0, 0.1) is 0 Å². The summed E-state index contributed by atoms with van der Waals surface area (Å²) < 4.78 is 7.15. The lowest BCUT2D eigenvalue weighted by Gasteiger charge is -2.14. The Morgan fingerprint density at radius 1 is 1.33 bits per heavy atom. The predicted molar refractivity (Wildman–Crippen MR) is 127 cm³/mol. The SMILES string of the molecule is CCCc1c(C(O)C=O)cc2n(c1=O)Cc1c-2nc2ccc(OC)cc2c1CNCCCN. The van der Waals surface area contributed by atoms with Gasteiger partial charge in [0.15, 0.2) is 6.29 Å². The van der Waals surface area contributed by atoms with Crippen LogP contribution in [0.15, 0.2) is 29.1 Å². The van der Waals surface area contributed by atoms with Gasteiger partial charge < -0.3 is 30.3 Å². The third-order valence-electron chi connectivity index (χ3n) is 6.21. The quantitative estimate of drug-likeness (QED) is 0.250. The minimum absolute atomic E-state index is 0.174. The zero-order valence-electron chi connectivity index (χ0n) is 19.1. The molecular formula is C25H30N4O4. The van der Waals surface area contributed by atoms with Crippen molar-refractivity contribution >= 4 is 17.2 Å². The number of aromatic nitrogens is 2. The van der Waals surface area contributed by atoms with Crippen molar-refractivity contribution < 1.29 is 14.6 Å². The first-order chi connectivity index (χ1) is 16.0.